The van der Waals surface area contributed by atoms with Crippen LogP contribution in [0.15, 0.2) is 36.4 Å². The number of fused-ring (bicyclic) bond motifs is 3. The molecule has 1 atom stereocenters. The number of anilines is 1. The van der Waals surface area contributed by atoms with E-state index in [0.29, 0.717) is 35.6 Å². The third-order valence-electron chi connectivity index (χ3n) is 6.53. The van der Waals surface area contributed by atoms with Gasteiger partial charge in [-0.15, -0.1) is 11.3 Å². The molecule has 214 valence electrons. The van der Waals surface area contributed by atoms with Gasteiger partial charge in [-0.2, -0.15) is 0 Å². The molecular formula is C26H25N5O9S. The molecule has 2 N–H and O–H groups in total. The maximum Gasteiger partial charge on any atom is 0.410 e. The summed E-state index contributed by atoms with van der Waals surface area (Å²) in [5.74, 6) is -0.0224. The number of hydrogen-bond donors (Lipinski definition) is 2. The van der Waals surface area contributed by atoms with Crippen molar-refractivity contribution < 1.29 is 33.6 Å². The Morgan fingerprint density at radius 2 is 1.83 bits per heavy atom. The second-order valence-corrected chi connectivity index (χ2v) is 10.1. The SMILES string of the molecule is CCOC(=O)N1CCc2c(sc3c2C(=O)NC(c2ccc(Oc4ccc([N+](=O)[O-])cc4[N+](=O)[O-])c(OCC)c2)N3)C1. The van der Waals surface area contributed by atoms with E-state index in [1.54, 1.807) is 36.9 Å². The molecule has 2 aromatic carbocycles. The minimum Gasteiger partial charge on any atom is -0.490 e. The number of nitrogens with zero attached hydrogens (tertiary/aromatic N) is 3. The van der Waals surface area contributed by atoms with Gasteiger partial charge in [-0.3, -0.25) is 25.0 Å². The summed E-state index contributed by atoms with van der Waals surface area (Å²) in [5, 5.41) is 29.6. The third-order valence-corrected chi connectivity index (χ3v) is 7.68. The predicted molar refractivity (Wildman–Crippen MR) is 147 cm³/mol. The smallest absolute Gasteiger partial charge is 0.410 e. The van der Waals surface area contributed by atoms with Crippen molar-refractivity contribution in [1.82, 2.24) is 10.2 Å². The Bertz CT molecular complexity index is 1560. The van der Waals surface area contributed by atoms with Crippen LogP contribution in [0.3, 0.4) is 0 Å². The number of thiophene rings is 1. The van der Waals surface area contributed by atoms with E-state index in [2.05, 4.69) is 10.6 Å². The summed E-state index contributed by atoms with van der Waals surface area (Å²) in [5.41, 5.74) is 1.12. The summed E-state index contributed by atoms with van der Waals surface area (Å²) in [7, 11) is 0. The molecule has 0 aliphatic carbocycles. The normalized spacial score (nSPS) is 15.6. The summed E-state index contributed by atoms with van der Waals surface area (Å²) in [6.45, 7) is 4.87. The molecule has 41 heavy (non-hydrogen) atoms. The molecule has 5 rings (SSSR count). The van der Waals surface area contributed by atoms with E-state index >= 15 is 0 Å². The standard InChI is InChI=1S/C26H25N5O9S/c1-3-38-20-11-14(5-7-19(20)40-18-8-6-15(30(34)35)12-17(18)31(36)37)23-27-24(32)22-16-9-10-29(26(33)39-4-2)13-21(16)41-25(22)28-23/h5-8,11-12,23,28H,3-4,9-10,13H2,1-2H3,(H,27,32). The summed E-state index contributed by atoms with van der Waals surface area (Å²) in [6.07, 6.45) is -0.461. The Morgan fingerprint density at radius 1 is 1.05 bits per heavy atom. The topological polar surface area (TPSA) is 175 Å². The van der Waals surface area contributed by atoms with Crippen molar-refractivity contribution >= 4 is 39.7 Å². The van der Waals surface area contributed by atoms with E-state index in [1.807, 2.05) is 0 Å². The Balaban J connectivity index is 1.40. The van der Waals surface area contributed by atoms with Gasteiger partial charge in [0.05, 0.1) is 41.2 Å². The quantitative estimate of drug-likeness (QED) is 0.267. The first-order valence-electron chi connectivity index (χ1n) is 12.7. The molecule has 0 radical (unpaired) electrons. The first-order chi connectivity index (χ1) is 19.7. The number of carbonyl (C=O) groups excluding carboxylic acids is 2. The average molecular weight is 584 g/mol. The van der Waals surface area contributed by atoms with Gasteiger partial charge in [-0.25, -0.2) is 4.79 Å². The maximum atomic E-state index is 13.2. The fourth-order valence-corrected chi connectivity index (χ4v) is 5.97. The highest BCUT2D eigenvalue weighted by molar-refractivity contribution is 7.16. The Morgan fingerprint density at radius 3 is 2.54 bits per heavy atom. The number of nitro groups is 2. The van der Waals surface area contributed by atoms with Crippen molar-refractivity contribution in [3.63, 3.8) is 0 Å². The number of amides is 2. The van der Waals surface area contributed by atoms with Gasteiger partial charge in [-0.1, -0.05) is 6.07 Å². The molecule has 2 aliphatic heterocycles. The molecule has 2 aliphatic rings. The summed E-state index contributed by atoms with van der Waals surface area (Å²) in [6, 6.07) is 7.97. The van der Waals surface area contributed by atoms with Gasteiger partial charge in [-0.05, 0) is 49.6 Å². The van der Waals surface area contributed by atoms with Crippen molar-refractivity contribution in [3.8, 4) is 17.2 Å². The molecule has 0 spiro atoms. The lowest BCUT2D eigenvalue weighted by Gasteiger charge is -2.28. The fourth-order valence-electron chi connectivity index (χ4n) is 4.68. The van der Waals surface area contributed by atoms with Gasteiger partial charge < -0.3 is 29.7 Å². The lowest BCUT2D eigenvalue weighted by Crippen LogP contribution is -2.39. The summed E-state index contributed by atoms with van der Waals surface area (Å²) >= 11 is 1.42. The highest BCUT2D eigenvalue weighted by Gasteiger charge is 2.35. The molecule has 3 heterocycles. The van der Waals surface area contributed by atoms with Gasteiger partial charge in [0.1, 0.15) is 11.2 Å². The highest BCUT2D eigenvalue weighted by atomic mass is 32.1. The van der Waals surface area contributed by atoms with Crippen LogP contribution in [0, 0.1) is 20.2 Å². The molecule has 0 saturated carbocycles. The van der Waals surface area contributed by atoms with Crippen molar-refractivity contribution in [3.05, 3.63) is 78.2 Å². The highest BCUT2D eigenvalue weighted by Crippen LogP contribution is 2.43. The summed E-state index contributed by atoms with van der Waals surface area (Å²) in [4.78, 5) is 49.1. The predicted octanol–water partition coefficient (Wildman–Crippen LogP) is 5.12. The minimum absolute atomic E-state index is 0.154. The van der Waals surface area contributed by atoms with E-state index in [0.717, 1.165) is 28.6 Å². The van der Waals surface area contributed by atoms with Crippen LogP contribution in [0.1, 0.15) is 46.4 Å². The van der Waals surface area contributed by atoms with Crippen LogP contribution in [-0.4, -0.2) is 46.5 Å². The number of nitrogens with one attached hydrogen (secondary N) is 2. The fraction of sp³-hybridized carbons (Fsp3) is 0.308. The molecule has 0 fully saturated rings. The second kappa shape index (κ2) is 11.3. The van der Waals surface area contributed by atoms with Crippen LogP contribution >= 0.6 is 11.3 Å². The Kier molecular flexibility index (Phi) is 7.61. The van der Waals surface area contributed by atoms with Gasteiger partial charge >= 0.3 is 11.8 Å². The molecule has 0 bridgehead atoms. The molecule has 1 unspecified atom stereocenters. The van der Waals surface area contributed by atoms with Crippen molar-refractivity contribution in [2.75, 3.05) is 25.1 Å². The summed E-state index contributed by atoms with van der Waals surface area (Å²) < 4.78 is 16.6. The van der Waals surface area contributed by atoms with Crippen LogP contribution in [0.5, 0.6) is 17.2 Å². The zero-order valence-electron chi connectivity index (χ0n) is 22.0. The number of hydrogen-bond acceptors (Lipinski definition) is 11. The molecule has 0 saturated heterocycles. The molecule has 3 aromatic rings. The third kappa shape index (κ3) is 5.43. The number of rotatable bonds is 8. The van der Waals surface area contributed by atoms with Crippen LogP contribution in [-0.2, 0) is 17.7 Å². The zero-order chi connectivity index (χ0) is 29.3. The first-order valence-corrected chi connectivity index (χ1v) is 13.5. The van der Waals surface area contributed by atoms with Gasteiger partial charge in [0.15, 0.2) is 11.5 Å². The van der Waals surface area contributed by atoms with E-state index in [9.17, 15) is 29.8 Å². The molecule has 15 heteroatoms. The molecule has 14 nitrogen and oxygen atoms in total. The lowest BCUT2D eigenvalue weighted by atomic mass is 10.0. The number of non-ortho nitro benzene ring substituents is 1. The van der Waals surface area contributed by atoms with Crippen molar-refractivity contribution in [2.45, 2.75) is 33.0 Å². The van der Waals surface area contributed by atoms with E-state index in [1.165, 1.54) is 11.3 Å². The number of ether oxygens (including phenoxy) is 3. The monoisotopic (exact) mass is 583 g/mol. The first kappa shape index (κ1) is 27.6. The van der Waals surface area contributed by atoms with E-state index < -0.39 is 27.4 Å². The molecule has 2 amide bonds. The largest absolute Gasteiger partial charge is 0.490 e. The van der Waals surface area contributed by atoms with Crippen LogP contribution in [0.2, 0.25) is 0 Å². The van der Waals surface area contributed by atoms with E-state index in [-0.39, 0.29) is 42.5 Å². The van der Waals surface area contributed by atoms with Crippen molar-refractivity contribution in [1.29, 1.82) is 0 Å². The second-order valence-electron chi connectivity index (χ2n) is 9.04. The molecule has 1 aromatic heterocycles. The zero-order valence-corrected chi connectivity index (χ0v) is 22.8. The number of nitro benzene ring substituents is 2. The Labute approximate surface area is 237 Å². The van der Waals surface area contributed by atoms with E-state index in [4.69, 9.17) is 14.2 Å². The Hall–Kier alpha value is -4.92. The van der Waals surface area contributed by atoms with Crippen LogP contribution in [0.25, 0.3) is 0 Å². The molecular weight excluding hydrogens is 558 g/mol. The van der Waals surface area contributed by atoms with Gasteiger partial charge in [0.2, 0.25) is 5.75 Å². The van der Waals surface area contributed by atoms with Crippen LogP contribution < -0.4 is 20.1 Å². The number of benzene rings is 2. The van der Waals surface area contributed by atoms with Gasteiger partial charge in [0, 0.05) is 17.5 Å². The average Bonchev–Trinajstić information content (AvgIpc) is 3.32. The number of carbonyl (C=O) groups is 2. The maximum absolute atomic E-state index is 13.2. The lowest BCUT2D eigenvalue weighted by molar-refractivity contribution is -0.394. The minimum atomic E-state index is -0.761. The van der Waals surface area contributed by atoms with Crippen molar-refractivity contribution in [2.24, 2.45) is 0 Å². The van der Waals surface area contributed by atoms with Gasteiger partial charge in [0.25, 0.3) is 11.6 Å². The van der Waals surface area contributed by atoms with Crippen LogP contribution in [0.4, 0.5) is 21.2 Å².